The fourth-order valence-electron chi connectivity index (χ4n) is 2.90. The van der Waals surface area contributed by atoms with Crippen molar-refractivity contribution >= 4 is 21.9 Å². The summed E-state index contributed by atoms with van der Waals surface area (Å²) in [5, 5.41) is 10.2. The minimum Gasteiger partial charge on any atom is -0.506 e. The van der Waals surface area contributed by atoms with E-state index in [0.717, 1.165) is 0 Å². The van der Waals surface area contributed by atoms with Gasteiger partial charge in [0.1, 0.15) is 22.7 Å². The van der Waals surface area contributed by atoms with E-state index in [0.29, 0.717) is 12.8 Å². The van der Waals surface area contributed by atoms with Gasteiger partial charge >= 0.3 is 5.97 Å². The van der Waals surface area contributed by atoms with Crippen LogP contribution in [0.25, 0.3) is 0 Å². The summed E-state index contributed by atoms with van der Waals surface area (Å²) in [7, 11) is 0. The molecule has 0 radical (unpaired) electrons. The maximum Gasteiger partial charge on any atom is 0.346 e. The van der Waals surface area contributed by atoms with Gasteiger partial charge in [-0.15, -0.1) is 0 Å². The predicted molar refractivity (Wildman–Crippen MR) is 82.3 cm³/mol. The average molecular weight is 391 g/mol. The third-order valence-corrected chi connectivity index (χ3v) is 4.78. The lowest BCUT2D eigenvalue weighted by Crippen LogP contribution is -2.44. The number of carbonyl (C=O) groups is 1. The SMILES string of the molecule is CC(C)(C)OC(=O)c1c(O)c(Br)cc2c1OCC(F)(F)C21CC1. The molecule has 1 aliphatic carbocycles. The Morgan fingerprint density at radius 2 is 2.00 bits per heavy atom. The third-order valence-electron chi connectivity index (χ3n) is 4.17. The zero-order valence-electron chi connectivity index (χ0n) is 13.0. The van der Waals surface area contributed by atoms with Gasteiger partial charge in [-0.1, -0.05) is 0 Å². The van der Waals surface area contributed by atoms with Crippen molar-refractivity contribution in [1.82, 2.24) is 0 Å². The molecule has 1 aliphatic heterocycles. The van der Waals surface area contributed by atoms with E-state index in [1.807, 2.05) is 0 Å². The summed E-state index contributed by atoms with van der Waals surface area (Å²) in [6.07, 6.45) is 0.642. The molecule has 0 atom stereocenters. The maximum absolute atomic E-state index is 14.2. The van der Waals surface area contributed by atoms with Crippen LogP contribution in [-0.4, -0.2) is 29.2 Å². The van der Waals surface area contributed by atoms with Crippen LogP contribution >= 0.6 is 15.9 Å². The van der Waals surface area contributed by atoms with Crippen LogP contribution in [0.1, 0.15) is 49.5 Å². The highest BCUT2D eigenvalue weighted by Crippen LogP contribution is 2.64. The lowest BCUT2D eigenvalue weighted by molar-refractivity contribution is -0.0881. The highest BCUT2D eigenvalue weighted by molar-refractivity contribution is 9.10. The molecular weight excluding hydrogens is 374 g/mol. The minimum absolute atomic E-state index is 0.00313. The molecule has 1 aromatic carbocycles. The Balaban J connectivity index is 2.16. The van der Waals surface area contributed by atoms with Gasteiger partial charge < -0.3 is 14.6 Å². The van der Waals surface area contributed by atoms with Crippen molar-refractivity contribution in [2.75, 3.05) is 6.61 Å². The van der Waals surface area contributed by atoms with Crippen LogP contribution in [0.15, 0.2) is 10.5 Å². The Kier molecular flexibility index (Phi) is 3.45. The molecule has 0 unspecified atom stereocenters. The van der Waals surface area contributed by atoms with Gasteiger partial charge in [0.2, 0.25) is 0 Å². The van der Waals surface area contributed by atoms with Crippen LogP contribution in [0.5, 0.6) is 11.5 Å². The van der Waals surface area contributed by atoms with Gasteiger partial charge in [0.05, 0.1) is 9.89 Å². The van der Waals surface area contributed by atoms with Gasteiger partial charge in [0, 0.05) is 5.56 Å². The van der Waals surface area contributed by atoms with Crippen molar-refractivity contribution in [3.05, 3.63) is 21.7 Å². The molecule has 2 aliphatic rings. The Labute approximate surface area is 140 Å². The van der Waals surface area contributed by atoms with Gasteiger partial charge in [-0.25, -0.2) is 13.6 Å². The molecule has 1 N–H and O–H groups in total. The molecule has 0 aromatic heterocycles. The summed E-state index contributed by atoms with van der Waals surface area (Å²) in [5.74, 6) is -4.15. The Morgan fingerprint density at radius 1 is 1.39 bits per heavy atom. The Morgan fingerprint density at radius 3 is 2.52 bits per heavy atom. The van der Waals surface area contributed by atoms with Crippen molar-refractivity contribution in [3.8, 4) is 11.5 Å². The van der Waals surface area contributed by atoms with Crippen LogP contribution in [-0.2, 0) is 10.2 Å². The Hall–Kier alpha value is -1.37. The summed E-state index contributed by atoms with van der Waals surface area (Å²) in [6.45, 7) is 4.24. The number of aromatic hydroxyl groups is 1. The molecule has 0 bridgehead atoms. The summed E-state index contributed by atoms with van der Waals surface area (Å²) in [4.78, 5) is 12.4. The fraction of sp³-hybridized carbons (Fsp3) is 0.562. The number of benzene rings is 1. The van der Waals surface area contributed by atoms with Crippen molar-refractivity contribution in [2.24, 2.45) is 0 Å². The minimum atomic E-state index is -3.00. The Bertz CT molecular complexity index is 690. The van der Waals surface area contributed by atoms with Gasteiger partial charge in [-0.2, -0.15) is 0 Å². The zero-order valence-corrected chi connectivity index (χ0v) is 14.6. The van der Waals surface area contributed by atoms with Crippen LogP contribution in [0.2, 0.25) is 0 Å². The topological polar surface area (TPSA) is 55.8 Å². The first kappa shape index (κ1) is 16.5. The number of hydrogen-bond acceptors (Lipinski definition) is 4. The zero-order chi connectivity index (χ0) is 17.2. The third kappa shape index (κ3) is 2.49. The number of ether oxygens (including phenoxy) is 2. The van der Waals surface area contributed by atoms with E-state index in [1.54, 1.807) is 20.8 Å². The highest BCUT2D eigenvalue weighted by atomic mass is 79.9. The second-order valence-corrected chi connectivity index (χ2v) is 7.89. The smallest absolute Gasteiger partial charge is 0.346 e. The lowest BCUT2D eigenvalue weighted by atomic mass is 9.85. The lowest BCUT2D eigenvalue weighted by Gasteiger charge is -2.35. The molecule has 126 valence electrons. The van der Waals surface area contributed by atoms with E-state index in [4.69, 9.17) is 9.47 Å². The summed E-state index contributed by atoms with van der Waals surface area (Å²) < 4.78 is 39.1. The molecule has 4 nitrogen and oxygen atoms in total. The standard InChI is InChI=1S/C16H17BrF2O4/c1-14(2,3)23-13(21)10-11(20)9(17)6-8-12(10)22-7-16(18,19)15(8)4-5-15/h6,20H,4-5,7H2,1-3H3. The molecule has 7 heteroatoms. The number of phenolic OH excluding ortho intramolecular Hbond substituents is 1. The van der Waals surface area contributed by atoms with E-state index in [1.165, 1.54) is 6.07 Å². The van der Waals surface area contributed by atoms with Gasteiger partial charge in [0.25, 0.3) is 5.92 Å². The van der Waals surface area contributed by atoms with Crippen molar-refractivity contribution in [3.63, 3.8) is 0 Å². The second-order valence-electron chi connectivity index (χ2n) is 7.04. The number of carbonyl (C=O) groups excluding carboxylic acids is 1. The number of esters is 1. The number of rotatable bonds is 1. The number of alkyl halides is 2. The van der Waals surface area contributed by atoms with Crippen LogP contribution in [0, 0.1) is 0 Å². The predicted octanol–water partition coefficient (Wildman–Crippen LogP) is 4.17. The molecule has 1 spiro atoms. The van der Waals surface area contributed by atoms with E-state index in [9.17, 15) is 18.7 Å². The van der Waals surface area contributed by atoms with Gasteiger partial charge in [-0.3, -0.25) is 0 Å². The molecule has 23 heavy (non-hydrogen) atoms. The molecule has 3 rings (SSSR count). The molecule has 1 saturated carbocycles. The molecule has 1 fully saturated rings. The molecule has 1 heterocycles. The largest absolute Gasteiger partial charge is 0.506 e. The van der Waals surface area contributed by atoms with Crippen LogP contribution < -0.4 is 4.74 Å². The van der Waals surface area contributed by atoms with Crippen molar-refractivity contribution in [2.45, 2.75) is 50.6 Å². The monoisotopic (exact) mass is 390 g/mol. The summed E-state index contributed by atoms with van der Waals surface area (Å²) in [6, 6.07) is 1.42. The average Bonchev–Trinajstić information content (AvgIpc) is 3.17. The summed E-state index contributed by atoms with van der Waals surface area (Å²) >= 11 is 3.13. The number of halogens is 3. The van der Waals surface area contributed by atoms with Crippen LogP contribution in [0.3, 0.4) is 0 Å². The van der Waals surface area contributed by atoms with E-state index in [-0.39, 0.29) is 27.1 Å². The van der Waals surface area contributed by atoms with Gasteiger partial charge in [0.15, 0.2) is 6.61 Å². The van der Waals surface area contributed by atoms with Gasteiger partial charge in [-0.05, 0) is 55.6 Å². The first-order valence-corrected chi connectivity index (χ1v) is 8.08. The number of fused-ring (bicyclic) bond motifs is 2. The molecule has 0 saturated heterocycles. The fourth-order valence-corrected chi connectivity index (χ4v) is 3.33. The highest BCUT2D eigenvalue weighted by Gasteiger charge is 2.66. The van der Waals surface area contributed by atoms with Crippen LogP contribution in [0.4, 0.5) is 8.78 Å². The van der Waals surface area contributed by atoms with E-state index in [2.05, 4.69) is 15.9 Å². The molecule has 1 aromatic rings. The normalized spacial score (nSPS) is 20.6. The van der Waals surface area contributed by atoms with E-state index >= 15 is 0 Å². The number of phenols is 1. The first-order chi connectivity index (χ1) is 10.5. The molecular formula is C16H17BrF2O4. The number of hydrogen-bond donors (Lipinski definition) is 1. The van der Waals surface area contributed by atoms with Crippen molar-refractivity contribution < 1.29 is 28.2 Å². The second kappa shape index (κ2) is 4.82. The van der Waals surface area contributed by atoms with E-state index < -0.39 is 29.5 Å². The molecule has 0 amide bonds. The first-order valence-electron chi connectivity index (χ1n) is 7.28. The quantitative estimate of drug-likeness (QED) is 0.731. The summed E-state index contributed by atoms with van der Waals surface area (Å²) in [5.41, 5.74) is -2.05. The maximum atomic E-state index is 14.2. The van der Waals surface area contributed by atoms with Crippen molar-refractivity contribution in [1.29, 1.82) is 0 Å².